The number of hydrogen-bond donors (Lipinski definition) is 2. The van der Waals surface area contributed by atoms with Crippen molar-refractivity contribution in [2.24, 2.45) is 0 Å². The van der Waals surface area contributed by atoms with Gasteiger partial charge in [-0.05, 0) is 36.6 Å². The van der Waals surface area contributed by atoms with Gasteiger partial charge < -0.3 is 14.8 Å². The van der Waals surface area contributed by atoms with Crippen molar-refractivity contribution in [2.45, 2.75) is 13.0 Å². The van der Waals surface area contributed by atoms with E-state index in [-0.39, 0.29) is 0 Å². The summed E-state index contributed by atoms with van der Waals surface area (Å²) in [6.07, 6.45) is 2.75. The second kappa shape index (κ2) is 6.21. The Bertz CT molecular complexity index is 627. The quantitative estimate of drug-likeness (QED) is 0.830. The second-order valence-electron chi connectivity index (χ2n) is 4.08. The second-order valence-corrected chi connectivity index (χ2v) is 5.06. The number of carbonyl (C=O) groups is 2. The molecule has 0 radical (unpaired) electrons. The Labute approximate surface area is 119 Å². The first-order valence-corrected chi connectivity index (χ1v) is 6.75. The van der Waals surface area contributed by atoms with E-state index in [0.29, 0.717) is 10.6 Å². The number of amides is 1. The maximum Gasteiger partial charge on any atom is 0.331 e. The molecule has 6 heteroatoms. The molecule has 104 valence electrons. The van der Waals surface area contributed by atoms with Gasteiger partial charge in [0.05, 0.1) is 0 Å². The predicted molar refractivity (Wildman–Crippen MR) is 75.3 cm³/mol. The van der Waals surface area contributed by atoms with E-state index in [9.17, 15) is 9.59 Å². The highest BCUT2D eigenvalue weighted by Crippen LogP contribution is 2.19. The fourth-order valence-electron chi connectivity index (χ4n) is 1.60. The molecule has 2 heterocycles. The maximum atomic E-state index is 11.7. The van der Waals surface area contributed by atoms with E-state index in [2.05, 4.69) is 5.32 Å². The van der Waals surface area contributed by atoms with Crippen molar-refractivity contribution >= 4 is 29.3 Å². The average molecular weight is 291 g/mol. The van der Waals surface area contributed by atoms with E-state index in [1.165, 1.54) is 23.5 Å². The molecule has 0 bridgehead atoms. The molecule has 0 aliphatic rings. The van der Waals surface area contributed by atoms with Crippen molar-refractivity contribution in [1.82, 2.24) is 5.32 Å². The summed E-state index contributed by atoms with van der Waals surface area (Å²) < 4.78 is 5.28. The number of carboxylic acid groups (broad SMARTS) is 1. The predicted octanol–water partition coefficient (Wildman–Crippen LogP) is 2.60. The molecule has 2 aromatic heterocycles. The van der Waals surface area contributed by atoms with Crippen molar-refractivity contribution in [1.29, 1.82) is 0 Å². The average Bonchev–Trinajstić information content (AvgIpc) is 3.04. The summed E-state index contributed by atoms with van der Waals surface area (Å²) in [5.41, 5.74) is 0. The van der Waals surface area contributed by atoms with Crippen LogP contribution in [0, 0.1) is 6.92 Å². The molecule has 1 amide bonds. The Hall–Kier alpha value is -2.34. The monoisotopic (exact) mass is 291 g/mol. The summed E-state index contributed by atoms with van der Waals surface area (Å²) in [4.78, 5) is 23.5. The minimum Gasteiger partial charge on any atom is -0.479 e. The Morgan fingerprint density at radius 3 is 2.75 bits per heavy atom. The van der Waals surface area contributed by atoms with Gasteiger partial charge in [0.15, 0.2) is 6.04 Å². The molecule has 0 saturated carbocycles. The van der Waals surface area contributed by atoms with Gasteiger partial charge in [-0.25, -0.2) is 4.79 Å². The number of hydrogen-bond acceptors (Lipinski definition) is 4. The molecule has 0 aliphatic heterocycles. The fourth-order valence-corrected chi connectivity index (χ4v) is 2.37. The lowest BCUT2D eigenvalue weighted by molar-refractivity contribution is -0.141. The van der Waals surface area contributed by atoms with Crippen LogP contribution >= 0.6 is 11.3 Å². The first-order chi connectivity index (χ1) is 9.56. The van der Waals surface area contributed by atoms with Crippen LogP contribution in [-0.4, -0.2) is 17.0 Å². The number of carboxylic acids is 1. The van der Waals surface area contributed by atoms with E-state index >= 15 is 0 Å². The van der Waals surface area contributed by atoms with Gasteiger partial charge >= 0.3 is 5.97 Å². The highest BCUT2D eigenvalue weighted by molar-refractivity contribution is 7.10. The number of aliphatic carboxylic acids is 1. The van der Waals surface area contributed by atoms with Crippen LogP contribution in [0.25, 0.3) is 6.08 Å². The fraction of sp³-hybridized carbons (Fsp3) is 0.143. The smallest absolute Gasteiger partial charge is 0.331 e. The SMILES string of the molecule is Cc1ccc(/C=C/C(=O)NC(C(=O)O)c2cccs2)o1. The summed E-state index contributed by atoms with van der Waals surface area (Å²) in [6.45, 7) is 1.80. The lowest BCUT2D eigenvalue weighted by atomic mass is 10.2. The highest BCUT2D eigenvalue weighted by atomic mass is 32.1. The van der Waals surface area contributed by atoms with E-state index in [4.69, 9.17) is 9.52 Å². The van der Waals surface area contributed by atoms with E-state index < -0.39 is 17.9 Å². The lowest BCUT2D eigenvalue weighted by Crippen LogP contribution is -2.31. The molecule has 0 saturated heterocycles. The number of carbonyl (C=O) groups excluding carboxylic acids is 1. The van der Waals surface area contributed by atoms with Gasteiger partial charge in [-0.15, -0.1) is 11.3 Å². The first kappa shape index (κ1) is 14.1. The molecule has 0 aliphatic carbocycles. The Morgan fingerprint density at radius 2 is 2.20 bits per heavy atom. The minimum absolute atomic E-state index is 0.486. The zero-order valence-corrected chi connectivity index (χ0v) is 11.5. The van der Waals surface area contributed by atoms with Crippen LogP contribution in [0.1, 0.15) is 22.4 Å². The number of furan rings is 1. The molecule has 5 nitrogen and oxygen atoms in total. The van der Waals surface area contributed by atoms with E-state index in [1.54, 1.807) is 36.6 Å². The molecular weight excluding hydrogens is 278 g/mol. The number of aryl methyl sites for hydroxylation is 1. The molecule has 0 fully saturated rings. The van der Waals surface area contributed by atoms with Crippen LogP contribution in [0.2, 0.25) is 0 Å². The third-order valence-corrected chi connectivity index (χ3v) is 3.46. The van der Waals surface area contributed by atoms with Crippen molar-refractivity contribution in [3.05, 3.63) is 52.1 Å². The number of rotatable bonds is 5. The molecule has 1 unspecified atom stereocenters. The normalized spacial score (nSPS) is 12.4. The molecule has 0 aromatic carbocycles. The van der Waals surface area contributed by atoms with E-state index in [1.807, 2.05) is 0 Å². The molecular formula is C14H13NO4S. The highest BCUT2D eigenvalue weighted by Gasteiger charge is 2.21. The molecule has 2 aromatic rings. The van der Waals surface area contributed by atoms with Crippen molar-refractivity contribution in [3.63, 3.8) is 0 Å². The van der Waals surface area contributed by atoms with Gasteiger partial charge in [-0.3, -0.25) is 4.79 Å². The zero-order chi connectivity index (χ0) is 14.5. The van der Waals surface area contributed by atoms with Gasteiger partial charge in [-0.1, -0.05) is 6.07 Å². The largest absolute Gasteiger partial charge is 0.479 e. The Balaban J connectivity index is 2.02. The third kappa shape index (κ3) is 3.58. The summed E-state index contributed by atoms with van der Waals surface area (Å²) in [7, 11) is 0. The molecule has 0 spiro atoms. The maximum absolute atomic E-state index is 11.7. The first-order valence-electron chi connectivity index (χ1n) is 5.87. The number of nitrogens with one attached hydrogen (secondary N) is 1. The lowest BCUT2D eigenvalue weighted by Gasteiger charge is -2.10. The minimum atomic E-state index is -1.09. The van der Waals surface area contributed by atoms with Gasteiger partial charge in [0.2, 0.25) is 5.91 Å². The summed E-state index contributed by atoms with van der Waals surface area (Å²) >= 11 is 1.28. The topological polar surface area (TPSA) is 79.5 Å². The summed E-state index contributed by atoms with van der Waals surface area (Å²) in [6, 6.07) is 5.88. The Morgan fingerprint density at radius 1 is 1.40 bits per heavy atom. The molecule has 2 N–H and O–H groups in total. The van der Waals surface area contributed by atoms with Crippen LogP contribution in [0.4, 0.5) is 0 Å². The van der Waals surface area contributed by atoms with E-state index in [0.717, 1.165) is 5.76 Å². The standard InChI is InChI=1S/C14H13NO4S/c1-9-4-5-10(19-9)6-7-12(16)15-13(14(17)18)11-3-2-8-20-11/h2-8,13H,1H3,(H,15,16)(H,17,18)/b7-6+. The molecule has 1 atom stereocenters. The Kier molecular flexibility index (Phi) is 4.37. The molecule has 2 rings (SSSR count). The van der Waals surface area contributed by atoms with Gasteiger partial charge in [-0.2, -0.15) is 0 Å². The summed E-state index contributed by atoms with van der Waals surface area (Å²) in [5.74, 6) is -0.296. The van der Waals surface area contributed by atoms with Crippen LogP contribution in [0.5, 0.6) is 0 Å². The van der Waals surface area contributed by atoms with Gasteiger partial charge in [0.1, 0.15) is 11.5 Å². The summed E-state index contributed by atoms with van der Waals surface area (Å²) in [5, 5.41) is 13.3. The van der Waals surface area contributed by atoms with Gasteiger partial charge in [0, 0.05) is 11.0 Å². The third-order valence-electron chi connectivity index (χ3n) is 2.52. The molecule has 20 heavy (non-hydrogen) atoms. The zero-order valence-electron chi connectivity index (χ0n) is 10.7. The number of thiophene rings is 1. The van der Waals surface area contributed by atoms with Crippen molar-refractivity contribution in [2.75, 3.05) is 0 Å². The van der Waals surface area contributed by atoms with Crippen molar-refractivity contribution < 1.29 is 19.1 Å². The van der Waals surface area contributed by atoms with Crippen LogP contribution in [0.3, 0.4) is 0 Å². The van der Waals surface area contributed by atoms with Crippen molar-refractivity contribution in [3.8, 4) is 0 Å². The van der Waals surface area contributed by atoms with Crippen LogP contribution in [0.15, 0.2) is 40.1 Å². The van der Waals surface area contributed by atoms with Gasteiger partial charge in [0.25, 0.3) is 0 Å². The van der Waals surface area contributed by atoms with Crippen LogP contribution in [-0.2, 0) is 9.59 Å². The van der Waals surface area contributed by atoms with Crippen LogP contribution < -0.4 is 5.32 Å².